The van der Waals surface area contributed by atoms with Gasteiger partial charge in [0.15, 0.2) is 0 Å². The number of β-amino-alcohol motifs (C(OH)–C–C–N with tert-alkyl or cyclic N) is 1. The minimum Gasteiger partial charge on any atom is -0.508 e. The Hall–Kier alpha value is -2.79. The molecule has 0 atom stereocenters. The average molecular weight is 320 g/mol. The number of phenols is 1. The van der Waals surface area contributed by atoms with Crippen LogP contribution in [-0.2, 0) is 6.42 Å². The molecule has 0 saturated carbocycles. The fourth-order valence-electron chi connectivity index (χ4n) is 3.32. The standard InChI is InChI=1S/C19H18N3O2/c1-12-15(19-20-16-4-2-3-5-17(16)21-19)11-13-10-14(24)6-7-18(13)22(12)8-9-23/h2,4-7,10,23-24H,8-9,11H2,1H3,(H,20,21). The number of imidazole rings is 1. The lowest BCUT2D eigenvalue weighted by Crippen LogP contribution is -2.29. The summed E-state index contributed by atoms with van der Waals surface area (Å²) in [5, 5.41) is 19.3. The summed E-state index contributed by atoms with van der Waals surface area (Å²) in [4.78, 5) is 10.1. The zero-order valence-corrected chi connectivity index (χ0v) is 13.4. The number of allylic oxidation sites excluding steroid dienone is 2. The van der Waals surface area contributed by atoms with Gasteiger partial charge in [-0.05, 0) is 48.9 Å². The monoisotopic (exact) mass is 320 g/mol. The third kappa shape index (κ3) is 2.34. The van der Waals surface area contributed by atoms with Crippen molar-refractivity contribution in [1.82, 2.24) is 9.97 Å². The molecular formula is C19H18N3O2. The van der Waals surface area contributed by atoms with E-state index in [1.165, 1.54) is 0 Å². The van der Waals surface area contributed by atoms with E-state index in [9.17, 15) is 10.2 Å². The summed E-state index contributed by atoms with van der Waals surface area (Å²) < 4.78 is 0. The second-order valence-corrected chi connectivity index (χ2v) is 5.96. The number of anilines is 1. The summed E-state index contributed by atoms with van der Waals surface area (Å²) in [6, 6.07) is 14.1. The number of H-pyrrole nitrogens is 1. The number of hydrogen-bond acceptors (Lipinski definition) is 4. The molecule has 0 saturated heterocycles. The number of aliphatic hydroxyl groups is 1. The number of benzene rings is 2. The summed E-state index contributed by atoms with van der Waals surface area (Å²) in [6.07, 6.45) is 0.682. The molecule has 1 aliphatic rings. The van der Waals surface area contributed by atoms with Gasteiger partial charge in [0.05, 0.1) is 17.6 Å². The molecule has 3 N–H and O–H groups in total. The minimum absolute atomic E-state index is 0.0556. The van der Waals surface area contributed by atoms with Crippen LogP contribution in [0, 0.1) is 6.07 Å². The van der Waals surface area contributed by atoms with E-state index in [-0.39, 0.29) is 12.4 Å². The maximum absolute atomic E-state index is 9.83. The first-order valence-electron chi connectivity index (χ1n) is 7.93. The maximum atomic E-state index is 9.83. The molecule has 0 fully saturated rings. The Balaban J connectivity index is 1.85. The molecule has 0 bridgehead atoms. The van der Waals surface area contributed by atoms with Crippen molar-refractivity contribution in [3.05, 3.63) is 59.5 Å². The van der Waals surface area contributed by atoms with Gasteiger partial charge in [-0.15, -0.1) is 0 Å². The second-order valence-electron chi connectivity index (χ2n) is 5.96. The van der Waals surface area contributed by atoms with Gasteiger partial charge >= 0.3 is 0 Å². The smallest absolute Gasteiger partial charge is 0.136 e. The van der Waals surface area contributed by atoms with Crippen LogP contribution in [-0.4, -0.2) is 33.3 Å². The second kappa shape index (κ2) is 5.69. The van der Waals surface area contributed by atoms with Crippen molar-refractivity contribution in [1.29, 1.82) is 0 Å². The van der Waals surface area contributed by atoms with E-state index in [1.54, 1.807) is 12.1 Å². The van der Waals surface area contributed by atoms with Gasteiger partial charge in [-0.3, -0.25) is 0 Å². The Labute approximate surface area is 139 Å². The first kappa shape index (κ1) is 14.8. The molecule has 0 unspecified atom stereocenters. The quantitative estimate of drug-likeness (QED) is 0.694. The Kier molecular flexibility index (Phi) is 3.50. The molecule has 1 aliphatic heterocycles. The van der Waals surface area contributed by atoms with Gasteiger partial charge in [0, 0.05) is 29.9 Å². The molecule has 5 nitrogen and oxygen atoms in total. The summed E-state index contributed by atoms with van der Waals surface area (Å²) in [6.45, 7) is 2.60. The maximum Gasteiger partial charge on any atom is 0.136 e. The molecule has 121 valence electrons. The van der Waals surface area contributed by atoms with Crippen LogP contribution in [0.1, 0.15) is 18.3 Å². The molecule has 1 aromatic heterocycles. The molecule has 4 rings (SSSR count). The molecule has 24 heavy (non-hydrogen) atoms. The van der Waals surface area contributed by atoms with E-state index in [2.05, 4.69) is 20.9 Å². The lowest BCUT2D eigenvalue weighted by molar-refractivity contribution is 0.304. The topological polar surface area (TPSA) is 72.4 Å². The van der Waals surface area contributed by atoms with Gasteiger partial charge in [0.2, 0.25) is 0 Å². The van der Waals surface area contributed by atoms with Crippen LogP contribution in [0.5, 0.6) is 5.75 Å². The number of hydrogen-bond donors (Lipinski definition) is 3. The number of rotatable bonds is 3. The molecule has 2 heterocycles. The van der Waals surface area contributed by atoms with E-state index < -0.39 is 0 Å². The van der Waals surface area contributed by atoms with Crippen LogP contribution in [0.4, 0.5) is 5.69 Å². The highest BCUT2D eigenvalue weighted by atomic mass is 16.3. The number of fused-ring (bicyclic) bond motifs is 2. The van der Waals surface area contributed by atoms with Gasteiger partial charge < -0.3 is 20.1 Å². The highest BCUT2D eigenvalue weighted by molar-refractivity contribution is 5.83. The molecular weight excluding hydrogens is 302 g/mol. The molecule has 0 spiro atoms. The zero-order valence-electron chi connectivity index (χ0n) is 13.4. The predicted molar refractivity (Wildman–Crippen MR) is 93.8 cm³/mol. The van der Waals surface area contributed by atoms with Crippen LogP contribution in [0.2, 0.25) is 0 Å². The van der Waals surface area contributed by atoms with Crippen molar-refractivity contribution < 1.29 is 10.2 Å². The SMILES string of the molecule is CC1=C(c2nc3c[c]ccc3[nH]2)Cc2cc(O)ccc2N1CCO. The number of nitrogens with zero attached hydrogens (tertiary/aromatic N) is 2. The highest BCUT2D eigenvalue weighted by Crippen LogP contribution is 2.38. The van der Waals surface area contributed by atoms with Gasteiger partial charge in [-0.2, -0.15) is 0 Å². The van der Waals surface area contributed by atoms with E-state index in [0.717, 1.165) is 39.4 Å². The van der Waals surface area contributed by atoms with Crippen LogP contribution < -0.4 is 4.90 Å². The van der Waals surface area contributed by atoms with Gasteiger partial charge in [-0.1, -0.05) is 6.07 Å². The first-order valence-corrected chi connectivity index (χ1v) is 7.93. The Bertz CT molecular complexity index is 910. The Morgan fingerprint density at radius 3 is 3.00 bits per heavy atom. The van der Waals surface area contributed by atoms with Crippen molar-refractivity contribution in [2.24, 2.45) is 0 Å². The predicted octanol–water partition coefficient (Wildman–Crippen LogP) is 2.85. The third-order valence-corrected chi connectivity index (χ3v) is 4.50. The first-order chi connectivity index (χ1) is 11.7. The van der Waals surface area contributed by atoms with Crippen LogP contribution in [0.15, 0.2) is 42.1 Å². The number of aromatic amines is 1. The van der Waals surface area contributed by atoms with Crippen molar-refractivity contribution >= 4 is 22.3 Å². The van der Waals surface area contributed by atoms with Crippen LogP contribution in [0.25, 0.3) is 16.6 Å². The summed E-state index contributed by atoms with van der Waals surface area (Å²) in [7, 11) is 0. The molecule has 2 aromatic carbocycles. The van der Waals surface area contributed by atoms with Crippen molar-refractivity contribution in [3.63, 3.8) is 0 Å². The van der Waals surface area contributed by atoms with Gasteiger partial charge in [0.1, 0.15) is 11.6 Å². The Morgan fingerprint density at radius 2 is 2.21 bits per heavy atom. The third-order valence-electron chi connectivity index (χ3n) is 4.50. The molecule has 0 amide bonds. The van der Waals surface area contributed by atoms with E-state index in [0.29, 0.717) is 13.0 Å². The largest absolute Gasteiger partial charge is 0.508 e. The van der Waals surface area contributed by atoms with Crippen molar-refractivity contribution in [2.75, 3.05) is 18.1 Å². The van der Waals surface area contributed by atoms with Crippen molar-refractivity contribution in [2.45, 2.75) is 13.3 Å². The average Bonchev–Trinajstić information content (AvgIpc) is 3.01. The molecule has 1 radical (unpaired) electrons. The summed E-state index contributed by atoms with van der Waals surface area (Å²) >= 11 is 0. The highest BCUT2D eigenvalue weighted by Gasteiger charge is 2.25. The van der Waals surface area contributed by atoms with Gasteiger partial charge in [-0.25, -0.2) is 4.98 Å². The van der Waals surface area contributed by atoms with Gasteiger partial charge in [0.25, 0.3) is 0 Å². The molecule has 5 heteroatoms. The number of phenolic OH excluding ortho intramolecular Hbond substituents is 1. The number of aromatic hydroxyl groups is 1. The summed E-state index contributed by atoms with van der Waals surface area (Å²) in [5.74, 6) is 1.06. The van der Waals surface area contributed by atoms with E-state index in [1.807, 2.05) is 31.2 Å². The summed E-state index contributed by atoms with van der Waals surface area (Å²) in [5.41, 5.74) is 6.02. The normalized spacial score (nSPS) is 14.3. The fraction of sp³-hybridized carbons (Fsp3) is 0.211. The lowest BCUT2D eigenvalue weighted by atomic mass is 9.95. The minimum atomic E-state index is 0.0556. The lowest BCUT2D eigenvalue weighted by Gasteiger charge is -2.33. The molecule has 3 aromatic rings. The van der Waals surface area contributed by atoms with Crippen LogP contribution in [0.3, 0.4) is 0 Å². The Morgan fingerprint density at radius 1 is 1.33 bits per heavy atom. The number of aromatic nitrogens is 2. The number of aliphatic hydroxyl groups excluding tert-OH is 1. The van der Waals surface area contributed by atoms with Crippen molar-refractivity contribution in [3.8, 4) is 5.75 Å². The van der Waals surface area contributed by atoms with E-state index >= 15 is 0 Å². The number of nitrogens with one attached hydrogen (secondary N) is 1. The zero-order chi connectivity index (χ0) is 16.7. The van der Waals surface area contributed by atoms with Crippen LogP contribution >= 0.6 is 0 Å². The van der Waals surface area contributed by atoms with E-state index in [4.69, 9.17) is 0 Å². The molecule has 0 aliphatic carbocycles. The fourth-order valence-corrected chi connectivity index (χ4v) is 3.32.